The number of hydrogen-bond acceptors (Lipinski definition) is 2. The minimum Gasteiger partial charge on any atom is -0.381 e. The standard InChI is InChI=1S/C16H24OS/c1-12-10-14(4-5-15(12)11-18-3)13-6-8-16(17-2)9-7-13/h4-5,10,13,16H,6-9,11H2,1-3H3/t13-,16-. The van der Waals surface area contributed by atoms with Gasteiger partial charge in [0, 0.05) is 12.9 Å². The van der Waals surface area contributed by atoms with Gasteiger partial charge in [-0.15, -0.1) is 0 Å². The minimum absolute atomic E-state index is 0.498. The Hall–Kier alpha value is -0.470. The number of rotatable bonds is 4. The van der Waals surface area contributed by atoms with Crippen LogP contribution >= 0.6 is 11.8 Å². The molecule has 1 aliphatic rings. The second kappa shape index (κ2) is 6.63. The highest BCUT2D eigenvalue weighted by Crippen LogP contribution is 2.34. The average molecular weight is 264 g/mol. The van der Waals surface area contributed by atoms with Gasteiger partial charge in [-0.2, -0.15) is 11.8 Å². The molecule has 1 saturated carbocycles. The molecule has 2 rings (SSSR count). The van der Waals surface area contributed by atoms with Crippen molar-refractivity contribution < 1.29 is 4.74 Å². The molecule has 1 nitrogen and oxygen atoms in total. The number of ether oxygens (including phenoxy) is 1. The maximum Gasteiger partial charge on any atom is 0.0571 e. The van der Waals surface area contributed by atoms with E-state index >= 15 is 0 Å². The Morgan fingerprint density at radius 3 is 2.50 bits per heavy atom. The summed E-state index contributed by atoms with van der Waals surface area (Å²) in [5.41, 5.74) is 4.47. The van der Waals surface area contributed by atoms with Crippen molar-refractivity contribution in [3.05, 3.63) is 34.9 Å². The molecular weight excluding hydrogens is 240 g/mol. The summed E-state index contributed by atoms with van der Waals surface area (Å²) in [5.74, 6) is 1.88. The average Bonchev–Trinajstić information content (AvgIpc) is 2.41. The number of methoxy groups -OCH3 is 1. The molecule has 0 radical (unpaired) electrons. The van der Waals surface area contributed by atoms with Crippen LogP contribution in [0.5, 0.6) is 0 Å². The van der Waals surface area contributed by atoms with Crippen molar-refractivity contribution in [2.24, 2.45) is 0 Å². The Morgan fingerprint density at radius 1 is 1.22 bits per heavy atom. The summed E-state index contributed by atoms with van der Waals surface area (Å²) in [6, 6.07) is 7.07. The second-order valence-corrected chi connectivity index (χ2v) is 6.19. The van der Waals surface area contributed by atoms with Gasteiger partial charge in [0.15, 0.2) is 0 Å². The summed E-state index contributed by atoms with van der Waals surface area (Å²) < 4.78 is 5.45. The number of benzene rings is 1. The van der Waals surface area contributed by atoms with E-state index in [-0.39, 0.29) is 0 Å². The monoisotopic (exact) mass is 264 g/mol. The first kappa shape index (κ1) is 14.0. The van der Waals surface area contributed by atoms with E-state index in [4.69, 9.17) is 4.74 Å². The quantitative estimate of drug-likeness (QED) is 0.790. The number of hydrogen-bond donors (Lipinski definition) is 0. The number of thioether (sulfide) groups is 1. The third kappa shape index (κ3) is 3.30. The Morgan fingerprint density at radius 2 is 1.94 bits per heavy atom. The lowest BCUT2D eigenvalue weighted by molar-refractivity contribution is 0.0658. The molecule has 0 atom stereocenters. The topological polar surface area (TPSA) is 9.23 Å². The molecule has 0 N–H and O–H groups in total. The second-order valence-electron chi connectivity index (χ2n) is 5.33. The van der Waals surface area contributed by atoms with E-state index in [1.165, 1.54) is 42.4 Å². The maximum atomic E-state index is 5.45. The molecular formula is C16H24OS. The molecule has 0 amide bonds. The first-order chi connectivity index (χ1) is 8.74. The van der Waals surface area contributed by atoms with Crippen LogP contribution in [0.4, 0.5) is 0 Å². The predicted molar refractivity (Wildman–Crippen MR) is 80.4 cm³/mol. The fourth-order valence-electron chi connectivity index (χ4n) is 2.92. The molecule has 0 unspecified atom stereocenters. The van der Waals surface area contributed by atoms with Crippen LogP contribution in [0.1, 0.15) is 48.3 Å². The summed E-state index contributed by atoms with van der Waals surface area (Å²) >= 11 is 1.90. The van der Waals surface area contributed by atoms with Gasteiger partial charge in [0.25, 0.3) is 0 Å². The van der Waals surface area contributed by atoms with Crippen molar-refractivity contribution in [2.45, 2.75) is 50.4 Å². The third-order valence-electron chi connectivity index (χ3n) is 4.15. The minimum atomic E-state index is 0.498. The molecule has 0 spiro atoms. The fourth-order valence-corrected chi connectivity index (χ4v) is 3.56. The molecule has 100 valence electrons. The lowest BCUT2D eigenvalue weighted by atomic mass is 9.82. The zero-order valence-electron chi connectivity index (χ0n) is 11.7. The van der Waals surface area contributed by atoms with Gasteiger partial charge in [-0.3, -0.25) is 0 Å². The smallest absolute Gasteiger partial charge is 0.0571 e. The van der Waals surface area contributed by atoms with Gasteiger partial charge < -0.3 is 4.74 Å². The molecule has 18 heavy (non-hydrogen) atoms. The van der Waals surface area contributed by atoms with Crippen molar-refractivity contribution >= 4 is 11.8 Å². The maximum absolute atomic E-state index is 5.45. The van der Waals surface area contributed by atoms with Crippen molar-refractivity contribution in [3.63, 3.8) is 0 Å². The van der Waals surface area contributed by atoms with Crippen molar-refractivity contribution in [1.29, 1.82) is 0 Å². The van der Waals surface area contributed by atoms with Gasteiger partial charge in [-0.1, -0.05) is 18.2 Å². The van der Waals surface area contributed by atoms with Crippen LogP contribution in [0.3, 0.4) is 0 Å². The first-order valence-corrected chi connectivity index (χ1v) is 8.25. The van der Waals surface area contributed by atoms with Crippen LogP contribution in [0.25, 0.3) is 0 Å². The van der Waals surface area contributed by atoms with Gasteiger partial charge in [-0.05, 0) is 61.5 Å². The lowest BCUT2D eigenvalue weighted by Crippen LogP contribution is -2.19. The Bertz CT molecular complexity index is 381. The van der Waals surface area contributed by atoms with E-state index in [1.54, 1.807) is 0 Å². The molecule has 1 aliphatic carbocycles. The molecule has 1 aromatic carbocycles. The Balaban J connectivity index is 2.03. The first-order valence-electron chi connectivity index (χ1n) is 6.85. The lowest BCUT2D eigenvalue weighted by Gasteiger charge is -2.28. The largest absolute Gasteiger partial charge is 0.381 e. The highest BCUT2D eigenvalue weighted by atomic mass is 32.2. The molecule has 1 fully saturated rings. The molecule has 0 heterocycles. The highest BCUT2D eigenvalue weighted by molar-refractivity contribution is 7.97. The molecule has 0 saturated heterocycles. The van der Waals surface area contributed by atoms with E-state index in [9.17, 15) is 0 Å². The van der Waals surface area contributed by atoms with E-state index in [0.29, 0.717) is 6.10 Å². The fraction of sp³-hybridized carbons (Fsp3) is 0.625. The van der Waals surface area contributed by atoms with Gasteiger partial charge in [0.2, 0.25) is 0 Å². The summed E-state index contributed by atoms with van der Waals surface area (Å²) in [6.07, 6.45) is 7.65. The summed E-state index contributed by atoms with van der Waals surface area (Å²) in [7, 11) is 1.84. The van der Waals surface area contributed by atoms with Crippen LogP contribution in [0, 0.1) is 6.92 Å². The van der Waals surface area contributed by atoms with Crippen molar-refractivity contribution in [3.8, 4) is 0 Å². The zero-order chi connectivity index (χ0) is 13.0. The summed E-state index contributed by atoms with van der Waals surface area (Å²) in [6.45, 7) is 2.25. The Labute approximate surface area is 115 Å². The van der Waals surface area contributed by atoms with Gasteiger partial charge in [0.1, 0.15) is 0 Å². The normalized spacial score (nSPS) is 24.2. The van der Waals surface area contributed by atoms with Crippen LogP contribution in [-0.4, -0.2) is 19.5 Å². The van der Waals surface area contributed by atoms with Gasteiger partial charge in [0.05, 0.1) is 6.10 Å². The Kier molecular flexibility index (Phi) is 5.13. The van der Waals surface area contributed by atoms with Crippen molar-refractivity contribution in [2.75, 3.05) is 13.4 Å². The molecule has 1 aromatic rings. The third-order valence-corrected chi connectivity index (χ3v) is 4.75. The summed E-state index contributed by atoms with van der Waals surface area (Å²) in [4.78, 5) is 0. The van der Waals surface area contributed by atoms with E-state index in [1.807, 2.05) is 18.9 Å². The summed E-state index contributed by atoms with van der Waals surface area (Å²) in [5, 5.41) is 0. The van der Waals surface area contributed by atoms with Crippen molar-refractivity contribution in [1.82, 2.24) is 0 Å². The molecule has 2 heteroatoms. The van der Waals surface area contributed by atoms with Crippen LogP contribution < -0.4 is 0 Å². The molecule has 0 aliphatic heterocycles. The van der Waals surface area contributed by atoms with Crippen LogP contribution in [0.2, 0.25) is 0 Å². The van der Waals surface area contributed by atoms with E-state index in [0.717, 1.165) is 11.7 Å². The SMILES string of the molecule is CO[C@H]1CC[C@H](c2ccc(CSC)c(C)c2)CC1. The molecule has 0 bridgehead atoms. The van der Waals surface area contributed by atoms with Crippen LogP contribution in [-0.2, 0) is 10.5 Å². The zero-order valence-corrected chi connectivity index (χ0v) is 12.6. The molecule has 0 aromatic heterocycles. The van der Waals surface area contributed by atoms with E-state index < -0.39 is 0 Å². The predicted octanol–water partition coefficient (Wildman–Crippen LogP) is 4.53. The van der Waals surface area contributed by atoms with Gasteiger partial charge >= 0.3 is 0 Å². The van der Waals surface area contributed by atoms with Gasteiger partial charge in [-0.25, -0.2) is 0 Å². The highest BCUT2D eigenvalue weighted by Gasteiger charge is 2.22. The van der Waals surface area contributed by atoms with Crippen LogP contribution in [0.15, 0.2) is 18.2 Å². The van der Waals surface area contributed by atoms with E-state index in [2.05, 4.69) is 31.4 Å². The number of aryl methyl sites for hydroxylation is 1.